The maximum atomic E-state index is 5.50. The minimum absolute atomic E-state index is 0.104. The normalized spacial score (nSPS) is 10.8. The van der Waals surface area contributed by atoms with Crippen molar-refractivity contribution in [1.82, 2.24) is 35.3 Å². The van der Waals surface area contributed by atoms with Crippen LogP contribution in [0.3, 0.4) is 0 Å². The van der Waals surface area contributed by atoms with Crippen LogP contribution in [-0.4, -0.2) is 36.5 Å². The fraction of sp³-hybridized carbons (Fsp3) is 0.500. The van der Waals surface area contributed by atoms with Gasteiger partial charge in [0.2, 0.25) is 11.9 Å². The molecular formula is C10H17N9. The van der Waals surface area contributed by atoms with E-state index in [-0.39, 0.29) is 11.9 Å². The number of aromatic nitrogens is 6. The third kappa shape index (κ3) is 3.85. The van der Waals surface area contributed by atoms with Crippen molar-refractivity contribution in [2.45, 2.75) is 26.4 Å². The number of hydrogen-bond donors (Lipinski definition) is 3. The maximum Gasteiger partial charge on any atom is 0.225 e. The molecule has 0 bridgehead atoms. The summed E-state index contributed by atoms with van der Waals surface area (Å²) in [6.45, 7) is 4.11. The molecule has 2 heterocycles. The highest BCUT2D eigenvalue weighted by Gasteiger charge is 2.05. The Kier molecular flexibility index (Phi) is 4.18. The van der Waals surface area contributed by atoms with E-state index in [9.17, 15) is 0 Å². The molecule has 2 rings (SSSR count). The SMILES string of the molecule is CCCNCc1cn(Cc2nc(N)nc(N)n2)nn1. The van der Waals surface area contributed by atoms with Crippen LogP contribution in [0.1, 0.15) is 24.9 Å². The van der Waals surface area contributed by atoms with E-state index in [4.69, 9.17) is 11.5 Å². The number of anilines is 2. The minimum atomic E-state index is 0.104. The van der Waals surface area contributed by atoms with Crippen LogP contribution in [-0.2, 0) is 13.1 Å². The topological polar surface area (TPSA) is 133 Å². The summed E-state index contributed by atoms with van der Waals surface area (Å²) in [5.74, 6) is 0.669. The minimum Gasteiger partial charge on any atom is -0.368 e. The van der Waals surface area contributed by atoms with E-state index < -0.39 is 0 Å². The number of rotatable bonds is 6. The molecule has 5 N–H and O–H groups in total. The second kappa shape index (κ2) is 6.05. The van der Waals surface area contributed by atoms with Crippen LogP contribution in [0.15, 0.2) is 6.20 Å². The number of hydrogen-bond acceptors (Lipinski definition) is 8. The molecule has 102 valence electrons. The quantitative estimate of drug-likeness (QED) is 0.575. The predicted octanol–water partition coefficient (Wildman–Crippen LogP) is -0.825. The molecule has 0 spiro atoms. The van der Waals surface area contributed by atoms with Crippen LogP contribution in [0.5, 0.6) is 0 Å². The standard InChI is InChI=1S/C10H17N9/c1-2-3-13-4-7-5-19(18-17-7)6-8-14-9(11)16-10(12)15-8/h5,13H,2-4,6H2,1H3,(H4,11,12,14,15,16). The van der Waals surface area contributed by atoms with Gasteiger partial charge in [0, 0.05) is 6.54 Å². The molecule has 0 aromatic carbocycles. The van der Waals surface area contributed by atoms with Gasteiger partial charge in [0.05, 0.1) is 11.9 Å². The number of nitrogens with two attached hydrogens (primary N) is 2. The Morgan fingerprint density at radius 3 is 2.63 bits per heavy atom. The Morgan fingerprint density at radius 1 is 1.21 bits per heavy atom. The molecule has 0 aliphatic rings. The molecule has 0 amide bonds. The van der Waals surface area contributed by atoms with Crippen molar-refractivity contribution in [2.75, 3.05) is 18.0 Å². The van der Waals surface area contributed by atoms with Crippen molar-refractivity contribution in [3.63, 3.8) is 0 Å². The first-order valence-electron chi connectivity index (χ1n) is 6.03. The van der Waals surface area contributed by atoms with Gasteiger partial charge in [-0.2, -0.15) is 15.0 Å². The van der Waals surface area contributed by atoms with E-state index in [0.717, 1.165) is 18.7 Å². The average molecular weight is 263 g/mol. The Morgan fingerprint density at radius 2 is 1.95 bits per heavy atom. The lowest BCUT2D eigenvalue weighted by atomic mass is 10.4. The van der Waals surface area contributed by atoms with E-state index >= 15 is 0 Å². The Bertz CT molecular complexity index is 515. The summed E-state index contributed by atoms with van der Waals surface area (Å²) in [4.78, 5) is 11.7. The van der Waals surface area contributed by atoms with E-state index in [0.29, 0.717) is 18.9 Å². The smallest absolute Gasteiger partial charge is 0.225 e. The van der Waals surface area contributed by atoms with Crippen molar-refractivity contribution >= 4 is 11.9 Å². The molecule has 9 nitrogen and oxygen atoms in total. The highest BCUT2D eigenvalue weighted by atomic mass is 15.4. The lowest BCUT2D eigenvalue weighted by Gasteiger charge is -2.01. The first-order valence-corrected chi connectivity index (χ1v) is 6.03. The lowest BCUT2D eigenvalue weighted by molar-refractivity contribution is 0.622. The van der Waals surface area contributed by atoms with Gasteiger partial charge in [-0.1, -0.05) is 12.1 Å². The summed E-state index contributed by atoms with van der Waals surface area (Å²) in [7, 11) is 0. The van der Waals surface area contributed by atoms with Gasteiger partial charge >= 0.3 is 0 Å². The van der Waals surface area contributed by atoms with E-state index in [1.807, 2.05) is 6.20 Å². The van der Waals surface area contributed by atoms with E-state index in [1.54, 1.807) is 4.68 Å². The molecule has 0 aliphatic carbocycles. The van der Waals surface area contributed by atoms with E-state index in [2.05, 4.69) is 37.5 Å². The fourth-order valence-corrected chi connectivity index (χ4v) is 1.56. The molecule has 0 atom stereocenters. The van der Waals surface area contributed by atoms with Gasteiger partial charge in [-0.05, 0) is 13.0 Å². The first-order chi connectivity index (χ1) is 9.17. The molecule has 2 aromatic rings. The van der Waals surface area contributed by atoms with Crippen molar-refractivity contribution < 1.29 is 0 Å². The summed E-state index contributed by atoms with van der Waals surface area (Å²) in [5, 5.41) is 11.3. The van der Waals surface area contributed by atoms with Crippen molar-refractivity contribution in [3.05, 3.63) is 17.7 Å². The molecule has 19 heavy (non-hydrogen) atoms. The largest absolute Gasteiger partial charge is 0.368 e. The molecule has 9 heteroatoms. The number of nitrogen functional groups attached to an aromatic ring is 2. The zero-order valence-corrected chi connectivity index (χ0v) is 10.7. The number of nitrogens with one attached hydrogen (secondary N) is 1. The molecule has 0 radical (unpaired) electrons. The van der Waals surface area contributed by atoms with Gasteiger partial charge in [-0.3, -0.25) is 0 Å². The average Bonchev–Trinajstić information content (AvgIpc) is 2.76. The summed E-state index contributed by atoms with van der Waals surface area (Å²) < 4.78 is 1.64. The third-order valence-electron chi connectivity index (χ3n) is 2.34. The van der Waals surface area contributed by atoms with Gasteiger partial charge in [0.25, 0.3) is 0 Å². The molecule has 0 saturated heterocycles. The van der Waals surface area contributed by atoms with Crippen LogP contribution in [0.25, 0.3) is 0 Å². The van der Waals surface area contributed by atoms with Crippen LogP contribution >= 0.6 is 0 Å². The Balaban J connectivity index is 1.99. The van der Waals surface area contributed by atoms with Gasteiger partial charge in [-0.25, -0.2) is 4.68 Å². The second-order valence-corrected chi connectivity index (χ2v) is 4.05. The summed E-state index contributed by atoms with van der Waals surface area (Å²) in [6.07, 6.45) is 2.91. The molecule has 2 aromatic heterocycles. The third-order valence-corrected chi connectivity index (χ3v) is 2.34. The van der Waals surface area contributed by atoms with Gasteiger partial charge in [0.15, 0.2) is 5.82 Å². The van der Waals surface area contributed by atoms with Gasteiger partial charge in [-0.15, -0.1) is 5.10 Å². The van der Waals surface area contributed by atoms with Gasteiger partial charge < -0.3 is 16.8 Å². The predicted molar refractivity (Wildman–Crippen MR) is 69.8 cm³/mol. The number of nitrogens with zero attached hydrogens (tertiary/aromatic N) is 6. The fourth-order valence-electron chi connectivity index (χ4n) is 1.56. The summed E-state index contributed by atoms with van der Waals surface area (Å²) in [5.41, 5.74) is 11.9. The zero-order chi connectivity index (χ0) is 13.7. The molecular weight excluding hydrogens is 246 g/mol. The monoisotopic (exact) mass is 263 g/mol. The molecule has 0 unspecified atom stereocenters. The Labute approximate surface area is 110 Å². The van der Waals surface area contributed by atoms with Crippen LogP contribution < -0.4 is 16.8 Å². The van der Waals surface area contributed by atoms with Gasteiger partial charge in [0.1, 0.15) is 6.54 Å². The lowest BCUT2D eigenvalue weighted by Crippen LogP contribution is -2.14. The highest BCUT2D eigenvalue weighted by Crippen LogP contribution is 2.01. The summed E-state index contributed by atoms with van der Waals surface area (Å²) >= 11 is 0. The molecule has 0 aliphatic heterocycles. The molecule has 0 saturated carbocycles. The van der Waals surface area contributed by atoms with Crippen molar-refractivity contribution in [3.8, 4) is 0 Å². The van der Waals surface area contributed by atoms with Crippen LogP contribution in [0, 0.1) is 0 Å². The maximum absolute atomic E-state index is 5.50. The summed E-state index contributed by atoms with van der Waals surface area (Å²) in [6, 6.07) is 0. The van der Waals surface area contributed by atoms with E-state index in [1.165, 1.54) is 0 Å². The molecule has 0 fully saturated rings. The zero-order valence-electron chi connectivity index (χ0n) is 10.7. The second-order valence-electron chi connectivity index (χ2n) is 4.05. The van der Waals surface area contributed by atoms with Crippen LogP contribution in [0.4, 0.5) is 11.9 Å². The van der Waals surface area contributed by atoms with Crippen molar-refractivity contribution in [2.24, 2.45) is 0 Å². The van der Waals surface area contributed by atoms with Crippen LogP contribution in [0.2, 0.25) is 0 Å². The first kappa shape index (κ1) is 13.1. The highest BCUT2D eigenvalue weighted by molar-refractivity contribution is 5.25. The Hall–Kier alpha value is -2.29. The van der Waals surface area contributed by atoms with Crippen molar-refractivity contribution in [1.29, 1.82) is 0 Å².